The molecule has 2 unspecified atom stereocenters. The summed E-state index contributed by atoms with van der Waals surface area (Å²) in [5, 5.41) is 12.2. The molecule has 2 rings (SSSR count). The molecule has 2 N–H and O–H groups in total. The highest BCUT2D eigenvalue weighted by atomic mass is 16.5. The van der Waals surface area contributed by atoms with E-state index in [9.17, 15) is 14.7 Å². The van der Waals surface area contributed by atoms with Crippen LogP contribution in [-0.4, -0.2) is 30.1 Å². The molecule has 0 spiro atoms. The maximum absolute atomic E-state index is 12.2. The topological polar surface area (TPSA) is 75.6 Å². The average molecular weight is 291 g/mol. The highest BCUT2D eigenvalue weighted by molar-refractivity contribution is 5.82. The number of ether oxygens (including phenoxy) is 1. The predicted molar refractivity (Wildman–Crippen MR) is 78.2 cm³/mol. The SMILES string of the molecule is COc1ccccc1CC(=O)NC1CCCC1(C)C(=O)O. The van der Waals surface area contributed by atoms with Crippen molar-refractivity contribution in [3.05, 3.63) is 29.8 Å². The van der Waals surface area contributed by atoms with Crippen LogP contribution in [0.4, 0.5) is 0 Å². The van der Waals surface area contributed by atoms with Gasteiger partial charge in [-0.05, 0) is 25.8 Å². The Kier molecular flexibility index (Phi) is 4.50. The van der Waals surface area contributed by atoms with Crippen molar-refractivity contribution in [1.82, 2.24) is 5.32 Å². The van der Waals surface area contributed by atoms with Crippen molar-refractivity contribution in [3.63, 3.8) is 0 Å². The van der Waals surface area contributed by atoms with Crippen LogP contribution in [0.1, 0.15) is 31.7 Å². The van der Waals surface area contributed by atoms with Crippen LogP contribution in [0.2, 0.25) is 0 Å². The number of para-hydroxylation sites is 1. The van der Waals surface area contributed by atoms with Gasteiger partial charge in [-0.3, -0.25) is 9.59 Å². The van der Waals surface area contributed by atoms with E-state index in [1.54, 1.807) is 20.1 Å². The first kappa shape index (κ1) is 15.4. The largest absolute Gasteiger partial charge is 0.496 e. The van der Waals surface area contributed by atoms with Crippen LogP contribution in [0.25, 0.3) is 0 Å². The van der Waals surface area contributed by atoms with Gasteiger partial charge in [-0.2, -0.15) is 0 Å². The van der Waals surface area contributed by atoms with E-state index in [-0.39, 0.29) is 18.4 Å². The summed E-state index contributed by atoms with van der Waals surface area (Å²) in [6.45, 7) is 1.70. The zero-order valence-corrected chi connectivity index (χ0v) is 12.4. The lowest BCUT2D eigenvalue weighted by Gasteiger charge is -2.27. The third-order valence-corrected chi connectivity index (χ3v) is 4.33. The molecule has 5 nitrogen and oxygen atoms in total. The van der Waals surface area contributed by atoms with Crippen molar-refractivity contribution in [1.29, 1.82) is 0 Å². The van der Waals surface area contributed by atoms with Gasteiger partial charge in [0, 0.05) is 11.6 Å². The maximum atomic E-state index is 12.2. The molecule has 5 heteroatoms. The molecule has 1 aromatic rings. The molecule has 1 aliphatic carbocycles. The lowest BCUT2D eigenvalue weighted by molar-refractivity contribution is -0.149. The van der Waals surface area contributed by atoms with Gasteiger partial charge in [0.15, 0.2) is 0 Å². The Labute approximate surface area is 124 Å². The smallest absolute Gasteiger partial charge is 0.311 e. The van der Waals surface area contributed by atoms with Crippen molar-refractivity contribution in [3.8, 4) is 5.75 Å². The van der Waals surface area contributed by atoms with E-state index in [4.69, 9.17) is 4.74 Å². The zero-order chi connectivity index (χ0) is 15.5. The minimum atomic E-state index is -0.865. The second-order valence-corrected chi connectivity index (χ2v) is 5.72. The number of carboxylic acid groups (broad SMARTS) is 1. The van der Waals surface area contributed by atoms with Crippen LogP contribution in [0.3, 0.4) is 0 Å². The fraction of sp³-hybridized carbons (Fsp3) is 0.500. The first-order chi connectivity index (χ1) is 9.97. The quantitative estimate of drug-likeness (QED) is 0.870. The molecule has 0 radical (unpaired) electrons. The number of hydrogen-bond acceptors (Lipinski definition) is 3. The molecule has 1 amide bonds. The third-order valence-electron chi connectivity index (χ3n) is 4.33. The Bertz CT molecular complexity index is 543. The zero-order valence-electron chi connectivity index (χ0n) is 12.4. The molecule has 2 atom stereocenters. The number of aliphatic carboxylic acids is 1. The normalized spacial score (nSPS) is 24.6. The van der Waals surface area contributed by atoms with Crippen LogP contribution in [-0.2, 0) is 16.0 Å². The number of rotatable bonds is 5. The molecular formula is C16H21NO4. The molecule has 0 aromatic heterocycles. The molecule has 1 aromatic carbocycles. The molecule has 1 saturated carbocycles. The summed E-state index contributed by atoms with van der Waals surface area (Å²) in [6, 6.07) is 7.03. The number of amides is 1. The van der Waals surface area contributed by atoms with Gasteiger partial charge in [-0.25, -0.2) is 0 Å². The minimum absolute atomic E-state index is 0.168. The van der Waals surface area contributed by atoms with Crippen LogP contribution in [0, 0.1) is 5.41 Å². The van der Waals surface area contributed by atoms with Crippen molar-refractivity contribution in [2.45, 2.75) is 38.6 Å². The highest BCUT2D eigenvalue weighted by Crippen LogP contribution is 2.38. The van der Waals surface area contributed by atoms with Gasteiger partial charge in [0.25, 0.3) is 0 Å². The van der Waals surface area contributed by atoms with Gasteiger partial charge in [-0.1, -0.05) is 24.6 Å². The molecule has 0 bridgehead atoms. The number of carbonyl (C=O) groups is 2. The van der Waals surface area contributed by atoms with E-state index in [1.165, 1.54) is 0 Å². The fourth-order valence-corrected chi connectivity index (χ4v) is 2.92. The third kappa shape index (κ3) is 3.17. The number of benzene rings is 1. The molecule has 0 aliphatic heterocycles. The molecule has 1 aliphatic rings. The average Bonchev–Trinajstić information content (AvgIpc) is 2.82. The first-order valence-electron chi connectivity index (χ1n) is 7.12. The van der Waals surface area contributed by atoms with E-state index in [0.29, 0.717) is 18.6 Å². The molecule has 114 valence electrons. The number of hydrogen-bond donors (Lipinski definition) is 2. The molecule has 0 heterocycles. The minimum Gasteiger partial charge on any atom is -0.496 e. The van der Waals surface area contributed by atoms with Crippen LogP contribution in [0.15, 0.2) is 24.3 Å². The molecule has 21 heavy (non-hydrogen) atoms. The van der Waals surface area contributed by atoms with Gasteiger partial charge < -0.3 is 15.2 Å². The van der Waals surface area contributed by atoms with E-state index in [0.717, 1.165) is 12.0 Å². The highest BCUT2D eigenvalue weighted by Gasteiger charge is 2.45. The second kappa shape index (κ2) is 6.16. The van der Waals surface area contributed by atoms with Crippen LogP contribution < -0.4 is 10.1 Å². The van der Waals surface area contributed by atoms with Gasteiger partial charge in [0.05, 0.1) is 18.9 Å². The summed E-state index contributed by atoms with van der Waals surface area (Å²) in [6.07, 6.45) is 2.32. The van der Waals surface area contributed by atoms with Gasteiger partial charge in [-0.15, -0.1) is 0 Å². The van der Waals surface area contributed by atoms with E-state index in [1.807, 2.05) is 18.2 Å². The van der Waals surface area contributed by atoms with Gasteiger partial charge >= 0.3 is 5.97 Å². The Morgan fingerprint density at radius 1 is 1.43 bits per heavy atom. The van der Waals surface area contributed by atoms with Gasteiger partial charge in [0.2, 0.25) is 5.91 Å². The summed E-state index contributed by atoms with van der Waals surface area (Å²) in [5.41, 5.74) is -0.0660. The lowest BCUT2D eigenvalue weighted by atomic mass is 9.85. The summed E-state index contributed by atoms with van der Waals surface area (Å²) >= 11 is 0. The number of nitrogens with one attached hydrogen (secondary N) is 1. The van der Waals surface area contributed by atoms with E-state index >= 15 is 0 Å². The molecule has 0 saturated heterocycles. The van der Waals surface area contributed by atoms with Crippen molar-refractivity contribution in [2.24, 2.45) is 5.41 Å². The number of methoxy groups -OCH3 is 1. The predicted octanol–water partition coefficient (Wildman–Crippen LogP) is 2.00. The summed E-state index contributed by atoms with van der Waals surface area (Å²) < 4.78 is 5.22. The van der Waals surface area contributed by atoms with E-state index < -0.39 is 11.4 Å². The van der Waals surface area contributed by atoms with Crippen LogP contribution >= 0.6 is 0 Å². The lowest BCUT2D eigenvalue weighted by Crippen LogP contribution is -2.47. The Balaban J connectivity index is 2.03. The van der Waals surface area contributed by atoms with Crippen molar-refractivity contribution < 1.29 is 19.4 Å². The monoisotopic (exact) mass is 291 g/mol. The maximum Gasteiger partial charge on any atom is 0.311 e. The summed E-state index contributed by atoms with van der Waals surface area (Å²) in [5.74, 6) is -0.346. The van der Waals surface area contributed by atoms with Crippen LogP contribution in [0.5, 0.6) is 5.75 Å². The summed E-state index contributed by atoms with van der Waals surface area (Å²) in [7, 11) is 1.56. The number of carboxylic acids is 1. The summed E-state index contributed by atoms with van der Waals surface area (Å²) in [4.78, 5) is 23.6. The van der Waals surface area contributed by atoms with Gasteiger partial charge in [0.1, 0.15) is 5.75 Å². The van der Waals surface area contributed by atoms with E-state index in [2.05, 4.69) is 5.32 Å². The molecular weight excluding hydrogens is 270 g/mol. The number of carbonyl (C=O) groups excluding carboxylic acids is 1. The Hall–Kier alpha value is -2.04. The van der Waals surface area contributed by atoms with Crippen molar-refractivity contribution in [2.75, 3.05) is 7.11 Å². The second-order valence-electron chi connectivity index (χ2n) is 5.72. The van der Waals surface area contributed by atoms with Crippen molar-refractivity contribution >= 4 is 11.9 Å². The fourth-order valence-electron chi connectivity index (χ4n) is 2.92. The standard InChI is InChI=1S/C16H21NO4/c1-16(15(19)20)9-5-8-13(16)17-14(18)10-11-6-3-4-7-12(11)21-2/h3-4,6-7,13H,5,8-10H2,1-2H3,(H,17,18)(H,19,20). The Morgan fingerprint density at radius 2 is 2.14 bits per heavy atom. The Morgan fingerprint density at radius 3 is 2.81 bits per heavy atom. The first-order valence-corrected chi connectivity index (χ1v) is 7.12. The molecule has 1 fully saturated rings.